The van der Waals surface area contributed by atoms with Gasteiger partial charge in [0.25, 0.3) is 0 Å². The maximum absolute atomic E-state index is 13.0. The Kier molecular flexibility index (Phi) is 3.48. The van der Waals surface area contributed by atoms with Gasteiger partial charge in [-0.3, -0.25) is 9.59 Å². The van der Waals surface area contributed by atoms with Gasteiger partial charge in [0.05, 0.1) is 12.2 Å². The lowest BCUT2D eigenvalue weighted by Crippen LogP contribution is -2.36. The quantitative estimate of drug-likeness (QED) is 0.512. The van der Waals surface area contributed by atoms with Crippen molar-refractivity contribution in [2.75, 3.05) is 0 Å². The Morgan fingerprint density at radius 1 is 0.885 bits per heavy atom. The van der Waals surface area contributed by atoms with Crippen molar-refractivity contribution >= 4 is 17.1 Å². The number of Topliss-reactive ketones (excluding diaryl/α,β-unsaturated/α-hetero) is 2. The molecule has 4 rings (SSSR count). The smallest absolute Gasteiger partial charge is 0.196 e. The first-order valence-corrected chi connectivity index (χ1v) is 7.85. The lowest BCUT2D eigenvalue weighted by molar-refractivity contribution is 0.0362. The highest BCUT2D eigenvalue weighted by Gasteiger charge is 2.45. The molecule has 2 atom stereocenters. The van der Waals surface area contributed by atoms with E-state index in [2.05, 4.69) is 0 Å². The number of fused-ring (bicyclic) bond motifs is 3. The van der Waals surface area contributed by atoms with Gasteiger partial charge in [0.2, 0.25) is 0 Å². The molecule has 0 aromatic heterocycles. The van der Waals surface area contributed by atoms with Crippen LogP contribution in [0.5, 0.6) is 11.5 Å². The molecule has 132 valence electrons. The number of phenolic OH excluding ortho intramolecular Hbond substituents is 2. The molecule has 26 heavy (non-hydrogen) atoms. The minimum absolute atomic E-state index is 0.0463. The number of allylic oxidation sites excluding steroid dienone is 1. The molecule has 2 aromatic carbocycles. The predicted molar refractivity (Wildman–Crippen MR) is 88.7 cm³/mol. The third kappa shape index (κ3) is 1.99. The van der Waals surface area contributed by atoms with E-state index in [1.54, 1.807) is 0 Å². The maximum Gasteiger partial charge on any atom is 0.196 e. The van der Waals surface area contributed by atoms with Crippen LogP contribution in [-0.4, -0.2) is 43.2 Å². The Morgan fingerprint density at radius 2 is 1.62 bits per heavy atom. The highest BCUT2D eigenvalue weighted by atomic mass is 16.3. The predicted octanol–water partition coefficient (Wildman–Crippen LogP) is 0.831. The summed E-state index contributed by atoms with van der Waals surface area (Å²) in [4.78, 5) is 25.9. The second kappa shape index (κ2) is 5.50. The van der Waals surface area contributed by atoms with Gasteiger partial charge in [0.1, 0.15) is 23.7 Å². The second-order valence-corrected chi connectivity index (χ2v) is 6.27. The van der Waals surface area contributed by atoms with Crippen molar-refractivity contribution in [2.24, 2.45) is 0 Å². The minimum atomic E-state index is -1.71. The highest BCUT2D eigenvalue weighted by Crippen LogP contribution is 2.48. The van der Waals surface area contributed by atoms with Crippen molar-refractivity contribution in [2.45, 2.75) is 18.8 Å². The monoisotopic (exact) mass is 354 g/mol. The Labute approximate surface area is 147 Å². The van der Waals surface area contributed by atoms with Crippen LogP contribution in [0.2, 0.25) is 0 Å². The van der Waals surface area contributed by atoms with Crippen molar-refractivity contribution in [1.29, 1.82) is 0 Å². The zero-order valence-electron chi connectivity index (χ0n) is 13.3. The molecule has 7 nitrogen and oxygen atoms in total. The largest absolute Gasteiger partial charge is 0.507 e. The van der Waals surface area contributed by atoms with Crippen LogP contribution in [0.4, 0.5) is 0 Å². The molecule has 2 aliphatic carbocycles. The van der Waals surface area contributed by atoms with Crippen LogP contribution in [0.3, 0.4) is 0 Å². The Bertz CT molecular complexity index is 1020. The van der Waals surface area contributed by atoms with Gasteiger partial charge in [-0.05, 0) is 29.3 Å². The number of rotatable bonds is 1. The van der Waals surface area contributed by atoms with Gasteiger partial charge in [0.15, 0.2) is 11.6 Å². The van der Waals surface area contributed by atoms with Gasteiger partial charge in [-0.2, -0.15) is 0 Å². The molecule has 0 saturated carbocycles. The molecule has 0 amide bonds. The summed E-state index contributed by atoms with van der Waals surface area (Å²) >= 11 is 0. The minimum Gasteiger partial charge on any atom is -0.507 e. The average molecular weight is 354 g/mol. The molecule has 0 heterocycles. The van der Waals surface area contributed by atoms with Crippen LogP contribution in [-0.2, 0) is 6.61 Å². The number of aromatic hydroxyl groups is 2. The van der Waals surface area contributed by atoms with Gasteiger partial charge in [-0.15, -0.1) is 0 Å². The van der Waals surface area contributed by atoms with E-state index < -0.39 is 41.9 Å². The van der Waals surface area contributed by atoms with E-state index in [9.17, 15) is 35.1 Å². The van der Waals surface area contributed by atoms with Crippen LogP contribution in [0, 0.1) is 0 Å². The highest BCUT2D eigenvalue weighted by molar-refractivity contribution is 6.42. The van der Waals surface area contributed by atoms with Crippen molar-refractivity contribution in [1.82, 2.24) is 0 Å². The van der Waals surface area contributed by atoms with Gasteiger partial charge < -0.3 is 25.5 Å². The molecular weight excluding hydrogens is 340 g/mol. The lowest BCUT2D eigenvalue weighted by Gasteiger charge is -2.33. The summed E-state index contributed by atoms with van der Waals surface area (Å²) in [5.74, 6) is -2.23. The average Bonchev–Trinajstić information content (AvgIpc) is 2.62. The molecule has 5 N–H and O–H groups in total. The summed E-state index contributed by atoms with van der Waals surface area (Å²) in [6.07, 6.45) is -3.29. The van der Waals surface area contributed by atoms with Gasteiger partial charge >= 0.3 is 0 Å². The molecule has 0 radical (unpaired) electrons. The standard InChI is InChI=1S/C19H14O7/c20-6-7-4-9-12(11(22)5-7)14-15(19(26)17(9)24)18(25)13-8(16(14)23)2-1-3-10(13)21/h1-5,17,19-22,24,26H,6H2. The third-order valence-electron chi connectivity index (χ3n) is 4.81. The summed E-state index contributed by atoms with van der Waals surface area (Å²) in [5.41, 5.74) is -0.582. The number of hydrogen-bond donors (Lipinski definition) is 5. The van der Waals surface area contributed by atoms with E-state index in [1.165, 1.54) is 30.3 Å². The zero-order valence-corrected chi connectivity index (χ0v) is 13.3. The SMILES string of the molecule is O=C1C2=C(C(=O)c3c(O)cccc31)C(O)C(O)c1cc(CO)cc(O)c12. The van der Waals surface area contributed by atoms with Crippen molar-refractivity contribution in [3.63, 3.8) is 0 Å². The Morgan fingerprint density at radius 3 is 2.31 bits per heavy atom. The number of carbonyl (C=O) groups excluding carboxylic acids is 2. The molecular formula is C19H14O7. The fraction of sp³-hybridized carbons (Fsp3) is 0.158. The fourth-order valence-corrected chi connectivity index (χ4v) is 3.64. The number of benzene rings is 2. The van der Waals surface area contributed by atoms with E-state index in [4.69, 9.17) is 0 Å². The lowest BCUT2D eigenvalue weighted by atomic mass is 9.71. The molecule has 0 bridgehead atoms. The third-order valence-corrected chi connectivity index (χ3v) is 4.81. The Hall–Kier alpha value is -3.00. The van der Waals surface area contributed by atoms with Crippen molar-refractivity contribution in [3.05, 3.63) is 63.7 Å². The van der Waals surface area contributed by atoms with E-state index in [-0.39, 0.29) is 39.0 Å². The van der Waals surface area contributed by atoms with Crippen LogP contribution in [0.15, 0.2) is 35.9 Å². The fourth-order valence-electron chi connectivity index (χ4n) is 3.64. The van der Waals surface area contributed by atoms with Crippen LogP contribution < -0.4 is 0 Å². The van der Waals surface area contributed by atoms with Crippen molar-refractivity contribution in [3.8, 4) is 11.5 Å². The number of ketones is 2. The molecule has 0 fully saturated rings. The van der Waals surface area contributed by atoms with E-state index >= 15 is 0 Å². The molecule has 7 heteroatoms. The topological polar surface area (TPSA) is 135 Å². The molecule has 0 aliphatic heterocycles. The molecule has 2 aliphatic rings. The van der Waals surface area contributed by atoms with Gasteiger partial charge in [-0.25, -0.2) is 0 Å². The van der Waals surface area contributed by atoms with Crippen molar-refractivity contribution < 1.29 is 35.1 Å². The number of carbonyl (C=O) groups is 2. The molecule has 0 saturated heterocycles. The summed E-state index contributed by atoms with van der Waals surface area (Å²) in [6.45, 7) is -0.418. The van der Waals surface area contributed by atoms with Crippen LogP contribution in [0.1, 0.15) is 43.5 Å². The molecule has 2 unspecified atom stereocenters. The first-order chi connectivity index (χ1) is 12.4. The summed E-state index contributed by atoms with van der Waals surface area (Å²) in [5, 5.41) is 50.5. The van der Waals surface area contributed by atoms with Gasteiger partial charge in [0, 0.05) is 22.3 Å². The summed E-state index contributed by atoms with van der Waals surface area (Å²) in [7, 11) is 0. The molecule has 0 spiro atoms. The zero-order chi connectivity index (χ0) is 18.7. The van der Waals surface area contributed by atoms with Crippen LogP contribution >= 0.6 is 0 Å². The van der Waals surface area contributed by atoms with Gasteiger partial charge in [-0.1, -0.05) is 12.1 Å². The summed E-state index contributed by atoms with van der Waals surface area (Å²) < 4.78 is 0. The maximum atomic E-state index is 13.0. The number of aliphatic hydroxyl groups excluding tert-OH is 3. The number of hydrogen-bond acceptors (Lipinski definition) is 7. The number of aliphatic hydroxyl groups is 3. The second-order valence-electron chi connectivity index (χ2n) is 6.27. The van der Waals surface area contributed by atoms with E-state index in [1.807, 2.05) is 0 Å². The van der Waals surface area contributed by atoms with E-state index in [0.717, 1.165) is 0 Å². The first-order valence-electron chi connectivity index (χ1n) is 7.85. The Balaban J connectivity index is 2.08. The van der Waals surface area contributed by atoms with E-state index in [0.29, 0.717) is 0 Å². The normalized spacial score (nSPS) is 21.3. The first kappa shape index (κ1) is 16.5. The molecule has 2 aromatic rings. The van der Waals surface area contributed by atoms with Crippen LogP contribution in [0.25, 0.3) is 5.57 Å². The summed E-state index contributed by atoms with van der Waals surface area (Å²) in [6, 6.07) is 6.62. The number of phenols is 2.